The first-order chi connectivity index (χ1) is 65.2. The van der Waals surface area contributed by atoms with Gasteiger partial charge in [-0.1, -0.05) is 177 Å². The van der Waals surface area contributed by atoms with Gasteiger partial charge in [0.05, 0.1) is 132 Å². The zero-order valence-corrected chi connectivity index (χ0v) is 83.3. The van der Waals surface area contributed by atoms with Gasteiger partial charge in [-0.2, -0.15) is 15.8 Å². The number of anilines is 6. The topological polar surface area (TPSA) is 363 Å². The van der Waals surface area contributed by atoms with Crippen LogP contribution in [0.1, 0.15) is 131 Å². The molecule has 0 radical (unpaired) electrons. The molecule has 3 aromatic carbocycles. The first-order valence-corrected chi connectivity index (χ1v) is 46.4. The quantitative estimate of drug-likeness (QED) is 0.0282. The van der Waals surface area contributed by atoms with Crippen molar-refractivity contribution in [2.24, 2.45) is 0 Å². The van der Waals surface area contributed by atoms with Crippen LogP contribution in [0.5, 0.6) is 0 Å². The maximum absolute atomic E-state index is 15.6. The molecule has 15 rings (SSSR count). The van der Waals surface area contributed by atoms with Crippen molar-refractivity contribution < 1.29 is 36.3 Å². The maximum atomic E-state index is 15.6. The summed E-state index contributed by atoms with van der Waals surface area (Å²) in [5, 5.41) is 28.0. The fraction of sp³-hybridized carbons (Fsp3) is 0.281. The first kappa shape index (κ1) is 103. The molecular weight excluding hydrogens is 1990 g/mol. The third-order valence-electron chi connectivity index (χ3n) is 24.1. The lowest BCUT2D eigenvalue weighted by Gasteiger charge is -2.41. The summed E-state index contributed by atoms with van der Waals surface area (Å²) in [6.07, 6.45) is 8.56. The lowest BCUT2D eigenvalue weighted by atomic mass is 10.0. The molecule has 0 bridgehead atoms. The van der Waals surface area contributed by atoms with E-state index in [2.05, 4.69) is 62.9 Å². The number of carbonyl (C=O) groups is 3. The van der Waals surface area contributed by atoms with Gasteiger partial charge in [-0.25, -0.2) is 36.9 Å². The van der Waals surface area contributed by atoms with Crippen molar-refractivity contribution in [2.45, 2.75) is 119 Å². The molecule has 12 heterocycles. The number of fused-ring (bicyclic) bond motifs is 3. The first-order valence-electron chi connectivity index (χ1n) is 42.6. The fourth-order valence-electron chi connectivity index (χ4n) is 17.5. The number of aryl methyl sites for hydroxylation is 3. The molecule has 138 heavy (non-hydrogen) atoms. The van der Waals surface area contributed by atoms with Crippen molar-refractivity contribution in [3.63, 3.8) is 0 Å². The molecule has 3 aliphatic rings. The van der Waals surface area contributed by atoms with Crippen LogP contribution < -0.4 is 48.6 Å². The Balaban J connectivity index is 0.000000175. The van der Waals surface area contributed by atoms with Gasteiger partial charge in [0.25, 0.3) is 16.7 Å². The number of halogens is 15. The molecule has 3 fully saturated rings. The van der Waals surface area contributed by atoms with Crippen molar-refractivity contribution in [1.29, 1.82) is 15.8 Å². The van der Waals surface area contributed by atoms with Gasteiger partial charge in [0, 0.05) is 117 Å². The van der Waals surface area contributed by atoms with Gasteiger partial charge in [0.2, 0.25) is 17.7 Å². The largest absolute Gasteiger partial charge is 0.396 e. The second kappa shape index (κ2) is 41.0. The summed E-state index contributed by atoms with van der Waals surface area (Å²) >= 11 is 63.6. The van der Waals surface area contributed by atoms with E-state index in [1.54, 1.807) is 65.3 Å². The molecular formula is C96H84Cl10F5N21O6. The van der Waals surface area contributed by atoms with Gasteiger partial charge >= 0.3 is 0 Å². The Labute approximate surface area is 837 Å². The third kappa shape index (κ3) is 18.1. The smallest absolute Gasteiger partial charge is 0.276 e. The molecule has 3 atom stereocenters. The summed E-state index contributed by atoms with van der Waals surface area (Å²) in [5.74, 6) is -6.81. The molecule has 714 valence electrons. The summed E-state index contributed by atoms with van der Waals surface area (Å²) in [5.41, 5.74) is 17.1. The Morgan fingerprint density at radius 3 is 0.899 bits per heavy atom. The molecule has 6 N–H and O–H groups in total. The van der Waals surface area contributed by atoms with Crippen LogP contribution in [-0.2, 0) is 14.4 Å². The number of piperazine rings is 3. The minimum absolute atomic E-state index is 0.00623. The van der Waals surface area contributed by atoms with Crippen LogP contribution in [0.2, 0.25) is 50.2 Å². The van der Waals surface area contributed by atoms with E-state index >= 15 is 22.0 Å². The Morgan fingerprint density at radius 2 is 0.652 bits per heavy atom. The van der Waals surface area contributed by atoms with Crippen molar-refractivity contribution >= 4 is 201 Å². The van der Waals surface area contributed by atoms with Gasteiger partial charge in [-0.3, -0.25) is 57.4 Å². The molecule has 0 spiro atoms. The van der Waals surface area contributed by atoms with Crippen molar-refractivity contribution in [3.8, 4) is 69.0 Å². The number of benzene rings is 3. The highest BCUT2D eigenvalue weighted by molar-refractivity contribution is 6.46. The Kier molecular flexibility index (Phi) is 30.6. The number of hydrogen-bond acceptors (Lipinski definition) is 21. The number of nitrogens with zero attached hydrogens (tertiary/aromatic N) is 18. The summed E-state index contributed by atoms with van der Waals surface area (Å²) in [7, 11) is 0. The number of pyridine rings is 9. The molecule has 3 aliphatic heterocycles. The van der Waals surface area contributed by atoms with Crippen molar-refractivity contribution in [1.82, 2.24) is 58.3 Å². The predicted molar refractivity (Wildman–Crippen MR) is 536 cm³/mol. The van der Waals surface area contributed by atoms with E-state index in [1.165, 1.54) is 50.1 Å². The number of hydrogen-bond donors (Lipinski definition) is 3. The Morgan fingerprint density at radius 1 is 0.399 bits per heavy atom. The van der Waals surface area contributed by atoms with Crippen LogP contribution >= 0.6 is 116 Å². The van der Waals surface area contributed by atoms with Gasteiger partial charge in [0.1, 0.15) is 66.9 Å². The monoisotopic (exact) mass is 2070 g/mol. The molecule has 27 nitrogen and oxygen atoms in total. The van der Waals surface area contributed by atoms with Crippen molar-refractivity contribution in [2.75, 3.05) is 90.8 Å². The Bertz CT molecular complexity index is 6780. The predicted octanol–water partition coefficient (Wildman–Crippen LogP) is 20.9. The molecule has 9 aromatic heterocycles. The summed E-state index contributed by atoms with van der Waals surface area (Å²) in [6.45, 7) is 35.6. The number of nitrogens with two attached hydrogens (primary N) is 3. The zero-order valence-electron chi connectivity index (χ0n) is 75.8. The molecule has 0 unspecified atom stereocenters. The van der Waals surface area contributed by atoms with E-state index < -0.39 is 98.4 Å². The van der Waals surface area contributed by atoms with E-state index in [0.717, 1.165) is 0 Å². The summed E-state index contributed by atoms with van der Waals surface area (Å²) in [6, 6.07) is 14.9. The molecule has 12 aromatic rings. The Hall–Kier alpha value is -12.4. The van der Waals surface area contributed by atoms with E-state index in [4.69, 9.17) is 138 Å². The highest BCUT2D eigenvalue weighted by Gasteiger charge is 2.40. The van der Waals surface area contributed by atoms with E-state index in [1.807, 2.05) is 83.9 Å². The zero-order chi connectivity index (χ0) is 101. The van der Waals surface area contributed by atoms with Gasteiger partial charge in [-0.05, 0) is 131 Å². The number of amides is 3. The highest BCUT2D eigenvalue weighted by atomic mass is 35.5. The van der Waals surface area contributed by atoms with Crippen LogP contribution in [0.3, 0.4) is 0 Å². The maximum Gasteiger partial charge on any atom is 0.276 e. The third-order valence-corrected chi connectivity index (χ3v) is 27.6. The van der Waals surface area contributed by atoms with Crippen LogP contribution in [0.4, 0.5) is 56.1 Å². The fourth-order valence-corrected chi connectivity index (χ4v) is 20.1. The number of rotatable bonds is 15. The number of nitrogen functional groups attached to an aromatic ring is 3. The average molecular weight is 2080 g/mol. The van der Waals surface area contributed by atoms with Crippen LogP contribution in [0.25, 0.3) is 83.9 Å². The molecule has 3 saturated heterocycles. The van der Waals surface area contributed by atoms with Gasteiger partial charge < -0.3 is 46.6 Å². The second-order valence-corrected chi connectivity index (χ2v) is 37.6. The van der Waals surface area contributed by atoms with E-state index in [9.17, 15) is 44.6 Å². The van der Waals surface area contributed by atoms with Crippen molar-refractivity contribution in [3.05, 3.63) is 254 Å². The standard InChI is InChI=1S/C32H28Cl4FN7O2.2C32H28Cl3F2N7O2/c1-6-20(45)43-10-9-42(13-16(43)5)30-17-11-19(33)28(21-22(34)25(37)24(36)26(39)23(21)35)41-31(17)44(32(46)18(30)12-38)29-15(4)7-8-40-27(29)14(2)3;2*1-6-20(45)43-10-9-42(13-16(43)5)30-17-11-19(33)28(21-22(34)25(37)23(35)26(39)24(21)36)41-31(17)44(32(46)18(30)12-38)29-15(4)7-8-40-27(29)14(2)3/h3*6-8,11,14,16H,1,9-10,13,39H2,2-5H3/t3*16-/m111/s1. The SMILES string of the molecule is C=CC(=O)N1CCN(c2c(C#N)c(=O)n(-c3c(C)ccnc3C(C)C)c3nc(-c4c(Cl)c(N)c(Cl)c(F)c4Cl)c(Cl)cc23)C[C@H]1C.C=CC(=O)N1CCN(c2c(C#N)c(=O)n(-c3c(C)ccnc3C(C)C)c3nc(-c4c(F)c(N)c(Cl)c(F)c4Cl)c(Cl)cc23)C[C@H]1C.C=CC(=O)N1CCN(c2c(C#N)c(=O)n(-c3c(C)ccnc3C(C)C)c3nc(-c4c(F)c(N)c(Cl)c(F)c4Cl)c(Cl)cc23)C[C@H]1C. The molecule has 0 aliphatic carbocycles. The van der Waals surface area contributed by atoms with Gasteiger partial charge in [0.15, 0.2) is 29.1 Å². The lowest BCUT2D eigenvalue weighted by Crippen LogP contribution is -2.54. The van der Waals surface area contributed by atoms with Crippen LogP contribution in [-0.4, -0.2) is 153 Å². The lowest BCUT2D eigenvalue weighted by molar-refractivity contribution is -0.129. The van der Waals surface area contributed by atoms with E-state index in [0.29, 0.717) is 81.5 Å². The highest BCUT2D eigenvalue weighted by Crippen LogP contribution is 2.51. The minimum Gasteiger partial charge on any atom is -0.396 e. The normalized spacial score (nSPS) is 15.0. The molecule has 0 saturated carbocycles. The van der Waals surface area contributed by atoms with Gasteiger partial charge in [-0.15, -0.1) is 0 Å². The average Bonchev–Trinajstić information content (AvgIpc) is 0.726. The van der Waals surface area contributed by atoms with Crippen LogP contribution in [0, 0.1) is 83.9 Å². The molecule has 42 heteroatoms. The number of aromatic nitrogens is 9. The minimum atomic E-state index is -1.17. The summed E-state index contributed by atoms with van der Waals surface area (Å²) in [4.78, 5) is 119. The van der Waals surface area contributed by atoms with E-state index in [-0.39, 0.29) is 197 Å². The molecule has 3 amide bonds. The summed E-state index contributed by atoms with van der Waals surface area (Å²) < 4.78 is 80.2. The number of nitriles is 3. The second-order valence-electron chi connectivity index (χ2n) is 33.8. The number of carbonyl (C=O) groups excluding carboxylic acids is 3. The van der Waals surface area contributed by atoms with Crippen LogP contribution in [0.15, 0.2) is 107 Å².